The van der Waals surface area contributed by atoms with Crippen molar-refractivity contribution in [3.05, 3.63) is 0 Å². The van der Waals surface area contributed by atoms with Crippen molar-refractivity contribution >= 4 is 6.21 Å². The summed E-state index contributed by atoms with van der Waals surface area (Å²) in [5.41, 5.74) is 0. The molecule has 0 aromatic carbocycles. The number of hydrogen-bond donors (Lipinski definition) is 0. The first-order valence-electron chi connectivity index (χ1n) is 2.93. The lowest BCUT2D eigenvalue weighted by Gasteiger charge is -2.10. The standard InChI is InChI=1S/C6H14N2O/c1-4-7-5-8(2)6-9-3/h4H,5-6H2,1-3H3. The highest BCUT2D eigenvalue weighted by atomic mass is 16.5. The Morgan fingerprint density at radius 3 is 2.78 bits per heavy atom. The molecule has 0 atom stereocenters. The molecule has 3 heteroatoms. The number of methoxy groups -OCH3 is 1. The van der Waals surface area contributed by atoms with Gasteiger partial charge < -0.3 is 4.74 Å². The van der Waals surface area contributed by atoms with Gasteiger partial charge in [-0.25, -0.2) is 0 Å². The van der Waals surface area contributed by atoms with Gasteiger partial charge in [-0.15, -0.1) is 0 Å². The molecule has 0 spiro atoms. The zero-order valence-electron chi connectivity index (χ0n) is 6.29. The van der Waals surface area contributed by atoms with E-state index in [9.17, 15) is 0 Å². The molecule has 0 aromatic rings. The Kier molecular flexibility index (Phi) is 5.46. The normalized spacial score (nSPS) is 11.6. The minimum atomic E-state index is 0.636. The number of aliphatic imine (C=N–C) groups is 1. The fourth-order valence-corrected chi connectivity index (χ4v) is 0.482. The van der Waals surface area contributed by atoms with Crippen LogP contribution in [-0.4, -0.2) is 38.7 Å². The summed E-state index contributed by atoms with van der Waals surface area (Å²) in [7, 11) is 3.63. The van der Waals surface area contributed by atoms with Crippen LogP contribution in [0.2, 0.25) is 0 Å². The van der Waals surface area contributed by atoms with Crippen LogP contribution in [0, 0.1) is 0 Å². The van der Waals surface area contributed by atoms with Gasteiger partial charge in [0.1, 0.15) is 0 Å². The summed E-state index contributed by atoms with van der Waals surface area (Å²) in [5.74, 6) is 0. The van der Waals surface area contributed by atoms with E-state index in [1.165, 1.54) is 0 Å². The van der Waals surface area contributed by atoms with Gasteiger partial charge in [-0.3, -0.25) is 9.89 Å². The van der Waals surface area contributed by atoms with Gasteiger partial charge in [0.2, 0.25) is 0 Å². The Balaban J connectivity index is 3.15. The lowest BCUT2D eigenvalue weighted by molar-refractivity contribution is 0.0842. The number of hydrogen-bond acceptors (Lipinski definition) is 3. The van der Waals surface area contributed by atoms with Gasteiger partial charge in [-0.05, 0) is 20.2 Å². The summed E-state index contributed by atoms with van der Waals surface area (Å²) in [6.07, 6.45) is 1.78. The first kappa shape index (κ1) is 8.59. The van der Waals surface area contributed by atoms with Crippen LogP contribution in [0.15, 0.2) is 4.99 Å². The molecule has 0 aliphatic rings. The highest BCUT2D eigenvalue weighted by molar-refractivity contribution is 5.52. The van der Waals surface area contributed by atoms with Crippen molar-refractivity contribution in [2.24, 2.45) is 4.99 Å². The van der Waals surface area contributed by atoms with Gasteiger partial charge in [0.15, 0.2) is 0 Å². The molecule has 54 valence electrons. The summed E-state index contributed by atoms with van der Waals surface area (Å²) < 4.78 is 4.85. The van der Waals surface area contributed by atoms with Crippen molar-refractivity contribution in [3.8, 4) is 0 Å². The summed E-state index contributed by atoms with van der Waals surface area (Å²) in [6.45, 7) is 3.25. The van der Waals surface area contributed by atoms with Crippen LogP contribution >= 0.6 is 0 Å². The molecule has 0 rings (SSSR count). The third-order valence-corrected chi connectivity index (χ3v) is 0.855. The first-order valence-corrected chi connectivity index (χ1v) is 2.93. The highest BCUT2D eigenvalue weighted by Crippen LogP contribution is 1.80. The van der Waals surface area contributed by atoms with Crippen molar-refractivity contribution in [3.63, 3.8) is 0 Å². The smallest absolute Gasteiger partial charge is 0.0998 e. The molecule has 0 saturated heterocycles. The summed E-state index contributed by atoms with van der Waals surface area (Å²) >= 11 is 0. The van der Waals surface area contributed by atoms with E-state index in [0.717, 1.165) is 0 Å². The average molecular weight is 130 g/mol. The SMILES string of the molecule is CC=NCN(C)COC. The molecule has 0 saturated carbocycles. The first-order chi connectivity index (χ1) is 4.31. The molecule has 0 N–H and O–H groups in total. The molecule has 0 amide bonds. The summed E-state index contributed by atoms with van der Waals surface area (Å²) in [5, 5.41) is 0. The fourth-order valence-electron chi connectivity index (χ4n) is 0.482. The van der Waals surface area contributed by atoms with E-state index in [4.69, 9.17) is 4.74 Å². The van der Waals surface area contributed by atoms with Crippen LogP contribution in [-0.2, 0) is 4.74 Å². The van der Waals surface area contributed by atoms with E-state index >= 15 is 0 Å². The second-order valence-electron chi connectivity index (χ2n) is 1.86. The maximum absolute atomic E-state index is 4.85. The molecule has 0 heterocycles. The van der Waals surface area contributed by atoms with Crippen LogP contribution < -0.4 is 0 Å². The van der Waals surface area contributed by atoms with E-state index in [-0.39, 0.29) is 0 Å². The zero-order valence-corrected chi connectivity index (χ0v) is 6.29. The van der Waals surface area contributed by atoms with Gasteiger partial charge in [0, 0.05) is 7.11 Å². The van der Waals surface area contributed by atoms with E-state index in [1.807, 2.05) is 18.9 Å². The van der Waals surface area contributed by atoms with E-state index in [2.05, 4.69) is 4.99 Å². The topological polar surface area (TPSA) is 24.8 Å². The van der Waals surface area contributed by atoms with Crippen LogP contribution in [0.4, 0.5) is 0 Å². The molecule has 0 aliphatic heterocycles. The molecule has 0 unspecified atom stereocenters. The third kappa shape index (κ3) is 5.46. The predicted molar refractivity (Wildman–Crippen MR) is 38.7 cm³/mol. The Morgan fingerprint density at radius 1 is 1.67 bits per heavy atom. The van der Waals surface area contributed by atoms with Gasteiger partial charge in [0.05, 0.1) is 13.4 Å². The van der Waals surface area contributed by atoms with Crippen LogP contribution in [0.5, 0.6) is 0 Å². The minimum Gasteiger partial charge on any atom is -0.369 e. The third-order valence-electron chi connectivity index (χ3n) is 0.855. The van der Waals surface area contributed by atoms with E-state index in [0.29, 0.717) is 13.4 Å². The lowest BCUT2D eigenvalue weighted by Crippen LogP contribution is -2.20. The molecule has 9 heavy (non-hydrogen) atoms. The van der Waals surface area contributed by atoms with Crippen molar-refractivity contribution in [2.75, 3.05) is 27.6 Å². The number of nitrogens with zero attached hydrogens (tertiary/aromatic N) is 2. The molecule has 0 fully saturated rings. The summed E-state index contributed by atoms with van der Waals surface area (Å²) in [4.78, 5) is 5.98. The molecular weight excluding hydrogens is 116 g/mol. The molecule has 0 bridgehead atoms. The average Bonchev–Trinajstić information content (AvgIpc) is 1.85. The Labute approximate surface area is 56.3 Å². The maximum atomic E-state index is 4.85. The van der Waals surface area contributed by atoms with E-state index in [1.54, 1.807) is 13.3 Å². The Bertz CT molecular complexity index is 83.1. The van der Waals surface area contributed by atoms with Crippen molar-refractivity contribution in [1.29, 1.82) is 0 Å². The molecule has 0 aliphatic carbocycles. The maximum Gasteiger partial charge on any atom is 0.0998 e. The highest BCUT2D eigenvalue weighted by Gasteiger charge is 1.89. The van der Waals surface area contributed by atoms with Gasteiger partial charge in [-0.2, -0.15) is 0 Å². The predicted octanol–water partition coefficient (Wildman–Crippen LogP) is 0.570. The van der Waals surface area contributed by atoms with Crippen molar-refractivity contribution in [1.82, 2.24) is 4.90 Å². The van der Waals surface area contributed by atoms with Crippen molar-refractivity contribution in [2.45, 2.75) is 6.92 Å². The Hall–Kier alpha value is -0.410. The van der Waals surface area contributed by atoms with Crippen molar-refractivity contribution < 1.29 is 4.74 Å². The van der Waals surface area contributed by atoms with E-state index < -0.39 is 0 Å². The Morgan fingerprint density at radius 2 is 2.33 bits per heavy atom. The second kappa shape index (κ2) is 5.72. The second-order valence-corrected chi connectivity index (χ2v) is 1.86. The quantitative estimate of drug-likeness (QED) is 0.410. The molecule has 3 nitrogen and oxygen atoms in total. The molecule has 0 aromatic heterocycles. The van der Waals surface area contributed by atoms with Crippen LogP contribution in [0.25, 0.3) is 0 Å². The summed E-state index contributed by atoms with van der Waals surface area (Å²) in [6, 6.07) is 0. The number of ether oxygens (including phenoxy) is 1. The van der Waals surface area contributed by atoms with Crippen LogP contribution in [0.1, 0.15) is 6.92 Å². The van der Waals surface area contributed by atoms with Gasteiger partial charge in [-0.1, -0.05) is 0 Å². The lowest BCUT2D eigenvalue weighted by atomic mass is 10.8. The fraction of sp³-hybridized carbons (Fsp3) is 0.833. The van der Waals surface area contributed by atoms with Gasteiger partial charge >= 0.3 is 0 Å². The largest absolute Gasteiger partial charge is 0.369 e. The molecule has 0 radical (unpaired) electrons. The molecular formula is C6H14N2O. The van der Waals surface area contributed by atoms with Gasteiger partial charge in [0.25, 0.3) is 0 Å². The monoisotopic (exact) mass is 130 g/mol. The zero-order chi connectivity index (χ0) is 7.11. The minimum absolute atomic E-state index is 0.636. The number of rotatable bonds is 4. The van der Waals surface area contributed by atoms with Crippen LogP contribution in [0.3, 0.4) is 0 Å².